The molecule has 25 heavy (non-hydrogen) atoms. The summed E-state index contributed by atoms with van der Waals surface area (Å²) >= 11 is 0. The van der Waals surface area contributed by atoms with Crippen molar-refractivity contribution in [1.29, 1.82) is 0 Å². The average molecular weight is 344 g/mol. The van der Waals surface area contributed by atoms with Crippen molar-refractivity contribution in [2.24, 2.45) is 11.8 Å². The quantitative estimate of drug-likeness (QED) is 0.859. The standard InChI is InChI=1S/C18H24N4O3/c1-11-6-4-7-14(12(11)2)20-15(23)10-25-18(24)16-13(3)21-22-9-5-8-19-17(16)22/h5,8-9,11-12,14H,4,6-7,10H2,1-3H3,(H,20,23). The Balaban J connectivity index is 1.60. The van der Waals surface area contributed by atoms with Crippen LogP contribution in [-0.2, 0) is 9.53 Å². The lowest BCUT2D eigenvalue weighted by atomic mass is 9.78. The summed E-state index contributed by atoms with van der Waals surface area (Å²) in [6.07, 6.45) is 6.59. The largest absolute Gasteiger partial charge is 0.452 e. The maximum Gasteiger partial charge on any atom is 0.344 e. The van der Waals surface area contributed by atoms with Crippen LogP contribution in [0.5, 0.6) is 0 Å². The van der Waals surface area contributed by atoms with E-state index in [0.717, 1.165) is 12.8 Å². The van der Waals surface area contributed by atoms with Crippen molar-refractivity contribution in [3.05, 3.63) is 29.7 Å². The molecule has 0 aromatic carbocycles. The van der Waals surface area contributed by atoms with E-state index in [9.17, 15) is 9.59 Å². The Kier molecular flexibility index (Phi) is 5.01. The fourth-order valence-corrected chi connectivity index (χ4v) is 3.47. The van der Waals surface area contributed by atoms with Crippen LogP contribution in [0.25, 0.3) is 5.65 Å². The van der Waals surface area contributed by atoms with E-state index in [4.69, 9.17) is 4.74 Å². The molecule has 1 amide bonds. The van der Waals surface area contributed by atoms with E-state index < -0.39 is 5.97 Å². The third-order valence-electron chi connectivity index (χ3n) is 5.16. The topological polar surface area (TPSA) is 85.6 Å². The summed E-state index contributed by atoms with van der Waals surface area (Å²) in [4.78, 5) is 28.7. The van der Waals surface area contributed by atoms with Gasteiger partial charge in [-0.2, -0.15) is 5.10 Å². The van der Waals surface area contributed by atoms with E-state index in [1.165, 1.54) is 10.9 Å². The summed E-state index contributed by atoms with van der Waals surface area (Å²) in [5.41, 5.74) is 1.26. The summed E-state index contributed by atoms with van der Waals surface area (Å²) < 4.78 is 6.72. The smallest absolute Gasteiger partial charge is 0.344 e. The zero-order valence-corrected chi connectivity index (χ0v) is 14.9. The molecule has 3 atom stereocenters. The fraction of sp³-hybridized carbons (Fsp3) is 0.556. The number of fused-ring (bicyclic) bond motifs is 1. The molecule has 0 spiro atoms. The van der Waals surface area contributed by atoms with Crippen molar-refractivity contribution in [2.45, 2.75) is 46.1 Å². The van der Waals surface area contributed by atoms with Crippen LogP contribution < -0.4 is 5.32 Å². The number of carbonyl (C=O) groups excluding carboxylic acids is 2. The van der Waals surface area contributed by atoms with Gasteiger partial charge in [0.1, 0.15) is 5.56 Å². The van der Waals surface area contributed by atoms with Crippen LogP contribution in [0.15, 0.2) is 18.5 Å². The molecule has 3 unspecified atom stereocenters. The molecule has 0 aliphatic heterocycles. The van der Waals surface area contributed by atoms with E-state index >= 15 is 0 Å². The molecule has 7 nitrogen and oxygen atoms in total. The lowest BCUT2D eigenvalue weighted by molar-refractivity contribution is -0.125. The first-order chi connectivity index (χ1) is 12.0. The minimum Gasteiger partial charge on any atom is -0.452 e. The van der Waals surface area contributed by atoms with Gasteiger partial charge in [0.15, 0.2) is 12.3 Å². The Labute approximate surface area is 146 Å². The first kappa shape index (κ1) is 17.4. The van der Waals surface area contributed by atoms with Crippen LogP contribution in [0, 0.1) is 18.8 Å². The van der Waals surface area contributed by atoms with Crippen molar-refractivity contribution in [1.82, 2.24) is 19.9 Å². The highest BCUT2D eigenvalue weighted by molar-refractivity contribution is 5.98. The van der Waals surface area contributed by atoms with Crippen LogP contribution in [0.3, 0.4) is 0 Å². The van der Waals surface area contributed by atoms with Crippen molar-refractivity contribution < 1.29 is 14.3 Å². The molecule has 1 saturated carbocycles. The molecular weight excluding hydrogens is 320 g/mol. The minimum atomic E-state index is -0.577. The van der Waals surface area contributed by atoms with Crippen LogP contribution >= 0.6 is 0 Å². The maximum atomic E-state index is 12.4. The molecule has 0 saturated heterocycles. The van der Waals surface area contributed by atoms with Gasteiger partial charge in [-0.1, -0.05) is 26.7 Å². The molecule has 1 aliphatic rings. The van der Waals surface area contributed by atoms with Crippen LogP contribution in [0.4, 0.5) is 0 Å². The number of nitrogens with one attached hydrogen (secondary N) is 1. The van der Waals surface area contributed by atoms with E-state index in [-0.39, 0.29) is 18.6 Å². The lowest BCUT2D eigenvalue weighted by Gasteiger charge is -2.34. The number of hydrogen-bond acceptors (Lipinski definition) is 5. The third kappa shape index (κ3) is 3.65. The molecule has 3 rings (SSSR count). The second-order valence-electron chi connectivity index (χ2n) is 6.87. The van der Waals surface area contributed by atoms with Gasteiger partial charge >= 0.3 is 5.97 Å². The fourth-order valence-electron chi connectivity index (χ4n) is 3.47. The van der Waals surface area contributed by atoms with E-state index in [1.807, 2.05) is 0 Å². The van der Waals surface area contributed by atoms with Crippen molar-refractivity contribution in [3.8, 4) is 0 Å². The third-order valence-corrected chi connectivity index (χ3v) is 5.16. The van der Waals surface area contributed by atoms with Gasteiger partial charge in [0.05, 0.1) is 5.69 Å². The van der Waals surface area contributed by atoms with Gasteiger partial charge in [0.2, 0.25) is 0 Å². The Bertz CT molecular complexity index is 786. The van der Waals surface area contributed by atoms with Crippen molar-refractivity contribution in [2.75, 3.05) is 6.61 Å². The predicted octanol–water partition coefficient (Wildman–Crippen LogP) is 2.14. The van der Waals surface area contributed by atoms with Crippen molar-refractivity contribution in [3.63, 3.8) is 0 Å². The first-order valence-electron chi connectivity index (χ1n) is 8.74. The number of ether oxygens (including phenoxy) is 1. The lowest BCUT2D eigenvalue weighted by Crippen LogP contribution is -2.45. The molecule has 0 bridgehead atoms. The number of aromatic nitrogens is 3. The molecule has 0 radical (unpaired) electrons. The molecule has 2 heterocycles. The van der Waals surface area contributed by atoms with E-state index in [2.05, 4.69) is 29.2 Å². The highest BCUT2D eigenvalue weighted by Gasteiger charge is 2.28. The molecule has 1 aliphatic carbocycles. The average Bonchev–Trinajstić information content (AvgIpc) is 2.92. The Hall–Kier alpha value is -2.44. The number of esters is 1. The first-order valence-corrected chi connectivity index (χ1v) is 8.74. The summed E-state index contributed by atoms with van der Waals surface area (Å²) in [6.45, 7) is 5.80. The summed E-state index contributed by atoms with van der Waals surface area (Å²) in [6, 6.07) is 1.88. The van der Waals surface area contributed by atoms with E-state index in [1.54, 1.807) is 25.4 Å². The number of carbonyl (C=O) groups is 2. The molecule has 134 valence electrons. The minimum absolute atomic E-state index is 0.148. The number of rotatable bonds is 4. The van der Waals surface area contributed by atoms with Gasteiger partial charge in [-0.15, -0.1) is 0 Å². The number of hydrogen-bond donors (Lipinski definition) is 1. The van der Waals surface area contributed by atoms with Crippen LogP contribution in [0.2, 0.25) is 0 Å². The van der Waals surface area contributed by atoms with Crippen LogP contribution in [-0.4, -0.2) is 39.1 Å². The van der Waals surface area contributed by atoms with Gasteiger partial charge < -0.3 is 10.1 Å². The number of aryl methyl sites for hydroxylation is 1. The Morgan fingerprint density at radius 2 is 2.16 bits per heavy atom. The Morgan fingerprint density at radius 3 is 2.96 bits per heavy atom. The molecule has 7 heteroatoms. The van der Waals surface area contributed by atoms with Crippen LogP contribution in [0.1, 0.15) is 49.2 Å². The number of amides is 1. The second kappa shape index (κ2) is 7.21. The molecule has 2 aromatic rings. The Morgan fingerprint density at radius 1 is 1.36 bits per heavy atom. The second-order valence-corrected chi connectivity index (χ2v) is 6.87. The normalized spacial score (nSPS) is 23.4. The van der Waals surface area contributed by atoms with E-state index in [0.29, 0.717) is 28.7 Å². The summed E-state index contributed by atoms with van der Waals surface area (Å²) in [5.74, 6) is 0.182. The monoisotopic (exact) mass is 344 g/mol. The zero-order chi connectivity index (χ0) is 18.0. The number of nitrogens with zero attached hydrogens (tertiary/aromatic N) is 3. The van der Waals surface area contributed by atoms with Crippen molar-refractivity contribution >= 4 is 17.5 Å². The molecular formula is C18H24N4O3. The summed E-state index contributed by atoms with van der Waals surface area (Å²) in [7, 11) is 0. The molecule has 2 aromatic heterocycles. The van der Waals surface area contributed by atoms with Gasteiger partial charge in [-0.25, -0.2) is 14.3 Å². The SMILES string of the molecule is Cc1nn2cccnc2c1C(=O)OCC(=O)NC1CCCC(C)C1C. The van der Waals surface area contributed by atoms with Gasteiger partial charge in [-0.05, 0) is 31.2 Å². The predicted molar refractivity (Wildman–Crippen MR) is 92.1 cm³/mol. The zero-order valence-electron chi connectivity index (χ0n) is 14.9. The highest BCUT2D eigenvalue weighted by Crippen LogP contribution is 2.29. The van der Waals surface area contributed by atoms with Gasteiger partial charge in [-0.3, -0.25) is 4.79 Å². The molecule has 1 N–H and O–H groups in total. The highest BCUT2D eigenvalue weighted by atomic mass is 16.5. The van der Waals surface area contributed by atoms with Gasteiger partial charge in [0, 0.05) is 18.4 Å². The summed E-state index contributed by atoms with van der Waals surface area (Å²) in [5, 5.41) is 7.22. The molecule has 1 fully saturated rings. The van der Waals surface area contributed by atoms with Gasteiger partial charge in [0.25, 0.3) is 5.91 Å². The maximum absolute atomic E-state index is 12.4.